The molecule has 7 heteroatoms. The number of hydrogen-bond acceptors (Lipinski definition) is 3. The van der Waals surface area contributed by atoms with Gasteiger partial charge in [0.05, 0.1) is 17.8 Å². The first kappa shape index (κ1) is 15.5. The molecule has 3 rings (SSSR count). The van der Waals surface area contributed by atoms with Crippen LogP contribution >= 0.6 is 23.2 Å². The van der Waals surface area contributed by atoms with Crippen molar-refractivity contribution in [1.82, 2.24) is 14.4 Å². The third-order valence-electron chi connectivity index (χ3n) is 3.95. The third kappa shape index (κ3) is 3.02. The summed E-state index contributed by atoms with van der Waals surface area (Å²) in [6, 6.07) is 5.48. The molecule has 3 heterocycles. The summed E-state index contributed by atoms with van der Waals surface area (Å²) in [5, 5.41) is 0.797. The van der Waals surface area contributed by atoms with Crippen LogP contribution in [0.1, 0.15) is 16.2 Å². The Labute approximate surface area is 139 Å². The van der Waals surface area contributed by atoms with E-state index in [1.807, 2.05) is 17.0 Å². The molecule has 0 atom stereocenters. The number of halogens is 2. The van der Waals surface area contributed by atoms with Gasteiger partial charge in [0.2, 0.25) is 0 Å². The highest BCUT2D eigenvalue weighted by atomic mass is 35.5. The van der Waals surface area contributed by atoms with E-state index in [1.54, 1.807) is 23.9 Å². The maximum atomic E-state index is 12.6. The first-order chi connectivity index (χ1) is 10.6. The lowest BCUT2D eigenvalue weighted by molar-refractivity contribution is 0.0611. The monoisotopic (exact) mass is 341 g/mol. The molecule has 0 aromatic carbocycles. The van der Waals surface area contributed by atoms with Gasteiger partial charge in [0, 0.05) is 33.2 Å². The first-order valence-electron chi connectivity index (χ1n) is 7.11. The van der Waals surface area contributed by atoms with Gasteiger partial charge in [-0.3, -0.25) is 9.69 Å². The molecule has 2 aromatic heterocycles. The van der Waals surface area contributed by atoms with Crippen LogP contribution in [0.4, 0.5) is 0 Å². The van der Waals surface area contributed by atoms with Crippen LogP contribution in [0, 0.1) is 0 Å². The number of carbonyl (C=O) groups excluding carboxylic acids is 1. The molecule has 5 nitrogen and oxygen atoms in total. The van der Waals surface area contributed by atoms with Crippen LogP contribution in [-0.2, 0) is 13.6 Å². The van der Waals surface area contributed by atoms with E-state index in [2.05, 4.69) is 4.90 Å². The molecule has 0 radical (unpaired) electrons. The average Bonchev–Trinajstić information content (AvgIpc) is 3.12. The van der Waals surface area contributed by atoms with Gasteiger partial charge in [-0.25, -0.2) is 0 Å². The summed E-state index contributed by atoms with van der Waals surface area (Å²) < 4.78 is 6.98. The zero-order chi connectivity index (χ0) is 15.7. The van der Waals surface area contributed by atoms with Crippen molar-refractivity contribution in [2.24, 2.45) is 7.05 Å². The Kier molecular flexibility index (Phi) is 4.47. The molecule has 0 spiro atoms. The van der Waals surface area contributed by atoms with Crippen LogP contribution in [0.25, 0.3) is 0 Å². The minimum absolute atomic E-state index is 0.0334. The maximum Gasteiger partial charge on any atom is 0.270 e. The zero-order valence-electron chi connectivity index (χ0n) is 12.3. The molecule has 0 aliphatic carbocycles. The fourth-order valence-electron chi connectivity index (χ4n) is 2.64. The molecule has 0 N–H and O–H groups in total. The van der Waals surface area contributed by atoms with Gasteiger partial charge in [0.1, 0.15) is 16.6 Å². The molecule has 0 saturated carbocycles. The second-order valence-corrected chi connectivity index (χ2v) is 6.14. The Morgan fingerprint density at radius 3 is 2.55 bits per heavy atom. The molecular formula is C15H17Cl2N3O2. The molecule has 2 aromatic rings. The predicted octanol–water partition coefficient (Wildman–Crippen LogP) is 2.88. The predicted molar refractivity (Wildman–Crippen MR) is 85.3 cm³/mol. The largest absolute Gasteiger partial charge is 0.468 e. The number of rotatable bonds is 3. The second-order valence-electron chi connectivity index (χ2n) is 5.38. The summed E-state index contributed by atoms with van der Waals surface area (Å²) in [7, 11) is 1.74. The first-order valence-corrected chi connectivity index (χ1v) is 7.86. The molecular weight excluding hydrogens is 325 g/mol. The van der Waals surface area contributed by atoms with Crippen LogP contribution in [0.2, 0.25) is 10.2 Å². The van der Waals surface area contributed by atoms with Crippen molar-refractivity contribution >= 4 is 29.1 Å². The van der Waals surface area contributed by atoms with Crippen molar-refractivity contribution < 1.29 is 9.21 Å². The number of carbonyl (C=O) groups is 1. The molecule has 1 amide bonds. The third-order valence-corrected chi connectivity index (χ3v) is 4.80. The van der Waals surface area contributed by atoms with E-state index >= 15 is 0 Å². The smallest absolute Gasteiger partial charge is 0.270 e. The van der Waals surface area contributed by atoms with E-state index < -0.39 is 0 Å². The normalized spacial score (nSPS) is 16.2. The lowest BCUT2D eigenvalue weighted by Crippen LogP contribution is -2.48. The van der Waals surface area contributed by atoms with Crippen LogP contribution < -0.4 is 0 Å². The highest BCUT2D eigenvalue weighted by Gasteiger charge is 2.25. The summed E-state index contributed by atoms with van der Waals surface area (Å²) in [6.07, 6.45) is 1.68. The number of hydrogen-bond donors (Lipinski definition) is 0. The van der Waals surface area contributed by atoms with Crippen LogP contribution in [0.5, 0.6) is 0 Å². The topological polar surface area (TPSA) is 41.6 Å². The quantitative estimate of drug-likeness (QED) is 0.861. The molecule has 1 fully saturated rings. The Morgan fingerprint density at radius 1 is 1.27 bits per heavy atom. The summed E-state index contributed by atoms with van der Waals surface area (Å²) in [4.78, 5) is 16.7. The molecule has 1 aliphatic rings. The molecule has 22 heavy (non-hydrogen) atoms. The van der Waals surface area contributed by atoms with E-state index in [0.717, 1.165) is 25.4 Å². The highest BCUT2D eigenvalue weighted by Crippen LogP contribution is 2.26. The standard InChI is InChI=1S/C15H17Cl2N3O2/c1-18-13(9-12(16)14(18)17)15(21)20-6-4-19(5-7-20)10-11-3-2-8-22-11/h2-3,8-9H,4-7,10H2,1H3. The Bertz CT molecular complexity index is 659. The van der Waals surface area contributed by atoms with Gasteiger partial charge in [-0.2, -0.15) is 0 Å². The van der Waals surface area contributed by atoms with E-state index in [0.29, 0.717) is 29.0 Å². The van der Waals surface area contributed by atoms with Gasteiger partial charge in [0.15, 0.2) is 0 Å². The van der Waals surface area contributed by atoms with Crippen molar-refractivity contribution in [2.45, 2.75) is 6.54 Å². The van der Waals surface area contributed by atoms with Gasteiger partial charge in [-0.1, -0.05) is 23.2 Å². The van der Waals surface area contributed by atoms with Crippen molar-refractivity contribution in [2.75, 3.05) is 26.2 Å². The number of aromatic nitrogens is 1. The molecule has 0 unspecified atom stereocenters. The fourth-order valence-corrected chi connectivity index (χ4v) is 3.02. The SMILES string of the molecule is Cn1c(C(=O)N2CCN(Cc3ccco3)CC2)cc(Cl)c1Cl. The minimum Gasteiger partial charge on any atom is -0.468 e. The second kappa shape index (κ2) is 6.36. The molecule has 118 valence electrons. The van der Waals surface area contributed by atoms with E-state index in [-0.39, 0.29) is 5.91 Å². The lowest BCUT2D eigenvalue weighted by atomic mass is 10.2. The van der Waals surface area contributed by atoms with E-state index in [1.165, 1.54) is 0 Å². The van der Waals surface area contributed by atoms with Crippen molar-refractivity contribution in [1.29, 1.82) is 0 Å². The Hall–Kier alpha value is -1.43. The summed E-state index contributed by atoms with van der Waals surface area (Å²) in [5.41, 5.74) is 0.523. The lowest BCUT2D eigenvalue weighted by Gasteiger charge is -2.34. The minimum atomic E-state index is -0.0334. The van der Waals surface area contributed by atoms with Gasteiger partial charge < -0.3 is 13.9 Å². The van der Waals surface area contributed by atoms with Crippen molar-refractivity contribution in [3.05, 3.63) is 46.1 Å². The summed E-state index contributed by atoms with van der Waals surface area (Å²) >= 11 is 12.0. The van der Waals surface area contributed by atoms with Crippen molar-refractivity contribution in [3.8, 4) is 0 Å². The molecule has 1 aliphatic heterocycles. The average molecular weight is 342 g/mol. The molecule has 0 bridgehead atoms. The fraction of sp³-hybridized carbons (Fsp3) is 0.400. The number of piperazine rings is 1. The highest BCUT2D eigenvalue weighted by molar-refractivity contribution is 6.41. The zero-order valence-corrected chi connectivity index (χ0v) is 13.8. The van der Waals surface area contributed by atoms with Crippen LogP contribution in [0.3, 0.4) is 0 Å². The van der Waals surface area contributed by atoms with Crippen molar-refractivity contribution in [3.63, 3.8) is 0 Å². The number of nitrogens with zero attached hydrogens (tertiary/aromatic N) is 3. The van der Waals surface area contributed by atoms with Gasteiger partial charge in [-0.05, 0) is 18.2 Å². The van der Waals surface area contributed by atoms with E-state index in [9.17, 15) is 4.79 Å². The summed E-state index contributed by atoms with van der Waals surface area (Å²) in [5.74, 6) is 0.912. The molecule has 1 saturated heterocycles. The number of furan rings is 1. The van der Waals surface area contributed by atoms with Crippen LogP contribution in [0.15, 0.2) is 28.9 Å². The van der Waals surface area contributed by atoms with Gasteiger partial charge in [-0.15, -0.1) is 0 Å². The Balaban J connectivity index is 1.61. The van der Waals surface area contributed by atoms with Gasteiger partial charge >= 0.3 is 0 Å². The van der Waals surface area contributed by atoms with E-state index in [4.69, 9.17) is 27.6 Å². The summed E-state index contributed by atoms with van der Waals surface area (Å²) in [6.45, 7) is 3.77. The Morgan fingerprint density at radius 2 is 2.00 bits per heavy atom. The van der Waals surface area contributed by atoms with Gasteiger partial charge in [0.25, 0.3) is 5.91 Å². The number of amides is 1. The van der Waals surface area contributed by atoms with Crippen LogP contribution in [-0.4, -0.2) is 46.5 Å². The maximum absolute atomic E-state index is 12.6.